The van der Waals surface area contributed by atoms with Gasteiger partial charge in [0.25, 0.3) is 5.88 Å². The molecule has 3 N–H and O–H groups in total. The van der Waals surface area contributed by atoms with Gasteiger partial charge in [0, 0.05) is 42.9 Å². The fourth-order valence-electron chi connectivity index (χ4n) is 3.83. The second kappa shape index (κ2) is 18.9. The number of carboxylic acids is 3. The summed E-state index contributed by atoms with van der Waals surface area (Å²) in [6.07, 6.45) is -6.13. The van der Waals surface area contributed by atoms with Gasteiger partial charge in [-0.2, -0.15) is 26.3 Å². The van der Waals surface area contributed by atoms with Crippen molar-refractivity contribution in [3.63, 3.8) is 0 Å². The van der Waals surface area contributed by atoms with Crippen molar-refractivity contribution in [2.75, 3.05) is 0 Å². The number of alkyl halides is 6. The SMILES string of the molecule is O=C(O)c1ccc(Oc2cccc(C(F)(F)F)n2)nc1.O=C(O)c1ccc(Oc2ccccc2Cl)nc1.O=C(O)c1ccc(Oc2nc(C(F)(F)F)ccc2F)nc1. The Kier molecular flexibility index (Phi) is 14.1. The Hall–Kier alpha value is -7.42. The van der Waals surface area contributed by atoms with Crippen LogP contribution in [-0.2, 0) is 12.4 Å². The van der Waals surface area contributed by atoms with Crippen LogP contribution in [-0.4, -0.2) is 58.1 Å². The number of benzene rings is 1. The zero-order chi connectivity index (χ0) is 42.6. The molecule has 22 heteroatoms. The van der Waals surface area contributed by atoms with Crippen LogP contribution in [0.25, 0.3) is 0 Å². The maximum atomic E-state index is 13.4. The number of ether oxygens (including phenoxy) is 3. The molecule has 5 heterocycles. The summed E-state index contributed by atoms with van der Waals surface area (Å²) < 4.78 is 103. The molecule has 0 spiro atoms. The van der Waals surface area contributed by atoms with E-state index in [4.69, 9.17) is 41.1 Å². The molecule has 0 aliphatic rings. The topological polar surface area (TPSA) is 204 Å². The molecule has 0 atom stereocenters. The summed E-state index contributed by atoms with van der Waals surface area (Å²) >= 11 is 5.91. The molecule has 0 fully saturated rings. The van der Waals surface area contributed by atoms with Crippen LogP contribution in [0.2, 0.25) is 5.02 Å². The van der Waals surface area contributed by atoms with Crippen molar-refractivity contribution >= 4 is 29.5 Å². The number of halogens is 8. The zero-order valence-electron chi connectivity index (χ0n) is 28.4. The Balaban J connectivity index is 0.000000194. The molecule has 0 saturated heterocycles. The number of rotatable bonds is 9. The minimum absolute atomic E-state index is 0.0539. The smallest absolute Gasteiger partial charge is 0.433 e. The highest BCUT2D eigenvalue weighted by Crippen LogP contribution is 2.32. The molecule has 14 nitrogen and oxygen atoms in total. The summed E-state index contributed by atoms with van der Waals surface area (Å²) in [4.78, 5) is 49.2. The number of aromatic nitrogens is 5. The van der Waals surface area contributed by atoms with Crippen molar-refractivity contribution in [1.29, 1.82) is 0 Å². The van der Waals surface area contributed by atoms with Gasteiger partial charge in [-0.25, -0.2) is 43.7 Å². The molecular weight excluding hydrogens is 815 g/mol. The Labute approximate surface area is 324 Å². The standard InChI is InChI=1S/C12H8ClNO3.C12H6F4N2O3.C12H7F3N2O3/c13-9-3-1-2-4-10(9)17-11-6-5-8(7-14-11)12(15)16;13-7-2-3-8(12(14,15)16)18-10(7)21-9-4-1-6(5-17-9)11(19)20;13-12(14,15)8-2-1-3-10(17-8)20-9-5-4-7(6-16-9)11(18)19/h1-7H,(H,15,16);1-5H,(H,19,20);1-6H,(H,18,19). The third kappa shape index (κ3) is 12.8. The van der Waals surface area contributed by atoms with Gasteiger partial charge in [0.15, 0.2) is 5.82 Å². The first-order valence-electron chi connectivity index (χ1n) is 15.4. The van der Waals surface area contributed by atoms with Crippen LogP contribution in [0.4, 0.5) is 30.7 Å². The lowest BCUT2D eigenvalue weighted by Gasteiger charge is -2.09. The van der Waals surface area contributed by atoms with Gasteiger partial charge < -0.3 is 29.5 Å². The molecule has 6 aromatic rings. The number of aromatic carboxylic acids is 3. The number of pyridine rings is 5. The van der Waals surface area contributed by atoms with E-state index in [0.717, 1.165) is 36.7 Å². The molecule has 1 aromatic carbocycles. The average molecular weight is 836 g/mol. The third-order valence-electron chi connectivity index (χ3n) is 6.53. The number of para-hydroxylation sites is 1. The number of carboxylic acid groups (broad SMARTS) is 3. The first-order chi connectivity index (χ1) is 27.3. The quantitative estimate of drug-likeness (QED) is 0.116. The first kappa shape index (κ1) is 43.3. The molecule has 0 bridgehead atoms. The van der Waals surface area contributed by atoms with E-state index in [9.17, 15) is 45.1 Å². The van der Waals surface area contributed by atoms with Crippen LogP contribution >= 0.6 is 11.6 Å². The number of hydrogen-bond acceptors (Lipinski definition) is 11. The Morgan fingerprint density at radius 3 is 1.43 bits per heavy atom. The second-order valence-corrected chi connectivity index (χ2v) is 11.1. The van der Waals surface area contributed by atoms with E-state index >= 15 is 0 Å². The molecule has 0 aliphatic heterocycles. The first-order valence-corrected chi connectivity index (χ1v) is 15.8. The van der Waals surface area contributed by atoms with E-state index in [2.05, 4.69) is 24.9 Å². The Morgan fingerprint density at radius 1 is 0.517 bits per heavy atom. The molecule has 0 unspecified atom stereocenters. The zero-order valence-corrected chi connectivity index (χ0v) is 29.2. The van der Waals surface area contributed by atoms with Crippen LogP contribution in [0, 0.1) is 5.82 Å². The van der Waals surface area contributed by atoms with Crippen LogP contribution in [0.5, 0.6) is 35.1 Å². The molecule has 300 valence electrons. The van der Waals surface area contributed by atoms with Gasteiger partial charge in [-0.1, -0.05) is 29.8 Å². The van der Waals surface area contributed by atoms with Gasteiger partial charge in [0.1, 0.15) is 17.1 Å². The maximum absolute atomic E-state index is 13.4. The third-order valence-corrected chi connectivity index (χ3v) is 6.84. The van der Waals surface area contributed by atoms with Gasteiger partial charge in [-0.3, -0.25) is 0 Å². The van der Waals surface area contributed by atoms with Crippen molar-refractivity contribution in [2.45, 2.75) is 12.4 Å². The molecule has 0 radical (unpaired) electrons. The summed E-state index contributed by atoms with van der Waals surface area (Å²) in [6.45, 7) is 0. The van der Waals surface area contributed by atoms with E-state index < -0.39 is 53.3 Å². The van der Waals surface area contributed by atoms with Crippen LogP contribution in [0.1, 0.15) is 42.5 Å². The van der Waals surface area contributed by atoms with E-state index in [1.165, 1.54) is 36.5 Å². The van der Waals surface area contributed by atoms with E-state index in [-0.39, 0.29) is 34.3 Å². The Morgan fingerprint density at radius 2 is 0.983 bits per heavy atom. The van der Waals surface area contributed by atoms with Gasteiger partial charge >= 0.3 is 30.3 Å². The molecule has 0 amide bonds. The Bertz CT molecular complexity index is 2370. The molecular formula is C36H21ClF7N5O9. The van der Waals surface area contributed by atoms with Gasteiger partial charge in [-0.05, 0) is 48.5 Å². The molecule has 5 aromatic heterocycles. The summed E-state index contributed by atoms with van der Waals surface area (Å²) in [6, 6.07) is 18.7. The van der Waals surface area contributed by atoms with Crippen molar-refractivity contribution in [3.05, 3.63) is 149 Å². The van der Waals surface area contributed by atoms with Crippen LogP contribution in [0.15, 0.2) is 110 Å². The number of carbonyl (C=O) groups is 3. The average Bonchev–Trinajstić information content (AvgIpc) is 3.17. The van der Waals surface area contributed by atoms with Crippen LogP contribution in [0.3, 0.4) is 0 Å². The minimum atomic E-state index is -4.74. The lowest BCUT2D eigenvalue weighted by molar-refractivity contribution is -0.142. The molecule has 0 saturated carbocycles. The van der Waals surface area contributed by atoms with Gasteiger partial charge in [0.05, 0.1) is 21.7 Å². The summed E-state index contributed by atoms with van der Waals surface area (Å²) in [7, 11) is 0. The normalized spacial score (nSPS) is 10.8. The lowest BCUT2D eigenvalue weighted by atomic mass is 10.3. The summed E-state index contributed by atoms with van der Waals surface area (Å²) in [5.74, 6) is -5.29. The van der Waals surface area contributed by atoms with Crippen molar-refractivity contribution in [1.82, 2.24) is 24.9 Å². The monoisotopic (exact) mass is 835 g/mol. The fraction of sp³-hybridized carbons (Fsp3) is 0.0556. The summed E-state index contributed by atoms with van der Waals surface area (Å²) in [5.41, 5.74) is -2.51. The fourth-order valence-corrected chi connectivity index (χ4v) is 4.00. The number of hydrogen-bond donors (Lipinski definition) is 3. The largest absolute Gasteiger partial charge is 0.478 e. The highest BCUT2D eigenvalue weighted by atomic mass is 35.5. The molecule has 0 aliphatic carbocycles. The van der Waals surface area contributed by atoms with Gasteiger partial charge in [-0.15, -0.1) is 0 Å². The molecule has 58 heavy (non-hydrogen) atoms. The van der Waals surface area contributed by atoms with Crippen molar-refractivity contribution in [2.24, 2.45) is 0 Å². The highest BCUT2D eigenvalue weighted by Gasteiger charge is 2.34. The predicted molar refractivity (Wildman–Crippen MR) is 184 cm³/mol. The van der Waals surface area contributed by atoms with Crippen molar-refractivity contribution < 1.29 is 74.6 Å². The maximum Gasteiger partial charge on any atom is 0.433 e. The highest BCUT2D eigenvalue weighted by molar-refractivity contribution is 6.32. The van der Waals surface area contributed by atoms with Gasteiger partial charge in [0.2, 0.25) is 23.5 Å². The number of nitrogens with zero attached hydrogens (tertiary/aromatic N) is 5. The minimum Gasteiger partial charge on any atom is -0.478 e. The van der Waals surface area contributed by atoms with Crippen molar-refractivity contribution in [3.8, 4) is 35.1 Å². The lowest BCUT2D eigenvalue weighted by Crippen LogP contribution is -2.09. The predicted octanol–water partition coefficient (Wildman–Crippen LogP) is 9.34. The van der Waals surface area contributed by atoms with E-state index in [1.54, 1.807) is 24.3 Å². The second-order valence-electron chi connectivity index (χ2n) is 10.6. The van der Waals surface area contributed by atoms with Crippen LogP contribution < -0.4 is 14.2 Å². The molecule has 6 rings (SSSR count). The summed E-state index contributed by atoms with van der Waals surface area (Å²) in [5, 5.41) is 26.5. The van der Waals surface area contributed by atoms with E-state index in [1.807, 2.05) is 0 Å². The van der Waals surface area contributed by atoms with E-state index in [0.29, 0.717) is 28.8 Å².